The Morgan fingerprint density at radius 2 is 1.77 bits per heavy atom. The van der Waals surface area contributed by atoms with Gasteiger partial charge in [-0.3, -0.25) is 9.59 Å². The Morgan fingerprint density at radius 3 is 2.33 bits per heavy atom. The van der Waals surface area contributed by atoms with Crippen LogP contribution in [-0.4, -0.2) is 65.6 Å². The number of nitrogen functional groups attached to an aromatic ring is 1. The number of piperazine rings is 1. The third-order valence-corrected chi connectivity index (χ3v) is 4.37. The highest BCUT2D eigenvalue weighted by Gasteiger charge is 2.30. The molecule has 0 bridgehead atoms. The fraction of sp³-hybridized carbons (Fsp3) is 0.476. The second-order valence-corrected chi connectivity index (χ2v) is 8.00. The van der Waals surface area contributed by atoms with Crippen molar-refractivity contribution in [2.45, 2.75) is 39.4 Å². The van der Waals surface area contributed by atoms with E-state index in [-0.39, 0.29) is 12.0 Å². The molecule has 1 aromatic rings. The van der Waals surface area contributed by atoms with E-state index in [2.05, 4.69) is 11.9 Å². The standard InChI is InChI=1S/C21H30N4O5/c1-6-18(26)23-17-13-15(7-8-16(17)22)29-14(2)19(27)24-9-11-25(12-10-24)20(28)30-21(3,4)5/h6-8,13-14H,1,9-12,22H2,2-5H3,(H,23,26)/t14-/m0/s1. The second kappa shape index (κ2) is 9.51. The van der Waals surface area contributed by atoms with Gasteiger partial charge in [0, 0.05) is 32.2 Å². The molecular weight excluding hydrogens is 388 g/mol. The van der Waals surface area contributed by atoms with Crippen LogP contribution in [0.4, 0.5) is 16.2 Å². The molecule has 1 fully saturated rings. The maximum absolute atomic E-state index is 12.7. The van der Waals surface area contributed by atoms with E-state index in [4.69, 9.17) is 15.2 Å². The summed E-state index contributed by atoms with van der Waals surface area (Å²) in [5.41, 5.74) is 6.04. The van der Waals surface area contributed by atoms with Crippen LogP contribution in [0.3, 0.4) is 0 Å². The lowest BCUT2D eigenvalue weighted by Crippen LogP contribution is -2.54. The average Bonchev–Trinajstić information content (AvgIpc) is 2.68. The zero-order valence-corrected chi connectivity index (χ0v) is 17.9. The highest BCUT2D eigenvalue weighted by Crippen LogP contribution is 2.25. The van der Waals surface area contributed by atoms with Gasteiger partial charge in [-0.15, -0.1) is 0 Å². The molecule has 3 amide bonds. The molecule has 0 saturated carbocycles. The number of nitrogens with zero attached hydrogens (tertiary/aromatic N) is 2. The van der Waals surface area contributed by atoms with E-state index in [0.29, 0.717) is 43.3 Å². The van der Waals surface area contributed by atoms with Crippen LogP contribution < -0.4 is 15.8 Å². The first-order valence-corrected chi connectivity index (χ1v) is 9.76. The maximum atomic E-state index is 12.7. The number of benzene rings is 1. The number of carbonyl (C=O) groups excluding carboxylic acids is 3. The molecule has 1 heterocycles. The quantitative estimate of drug-likeness (QED) is 0.560. The maximum Gasteiger partial charge on any atom is 0.410 e. The molecule has 1 aromatic carbocycles. The second-order valence-electron chi connectivity index (χ2n) is 8.00. The van der Waals surface area contributed by atoms with Crippen LogP contribution in [0.15, 0.2) is 30.9 Å². The minimum absolute atomic E-state index is 0.188. The lowest BCUT2D eigenvalue weighted by Gasteiger charge is -2.36. The number of hydrogen-bond acceptors (Lipinski definition) is 6. The average molecular weight is 418 g/mol. The smallest absolute Gasteiger partial charge is 0.410 e. The Morgan fingerprint density at radius 1 is 1.17 bits per heavy atom. The summed E-state index contributed by atoms with van der Waals surface area (Å²) in [6.07, 6.45) is 0.00953. The molecule has 9 nitrogen and oxygen atoms in total. The summed E-state index contributed by atoms with van der Waals surface area (Å²) in [5, 5.41) is 2.59. The van der Waals surface area contributed by atoms with Gasteiger partial charge in [0.15, 0.2) is 6.10 Å². The lowest BCUT2D eigenvalue weighted by molar-refractivity contribution is -0.139. The van der Waals surface area contributed by atoms with Crippen molar-refractivity contribution in [1.29, 1.82) is 0 Å². The van der Waals surface area contributed by atoms with Crippen molar-refractivity contribution in [2.24, 2.45) is 0 Å². The monoisotopic (exact) mass is 418 g/mol. The summed E-state index contributed by atoms with van der Waals surface area (Å²) in [7, 11) is 0. The zero-order chi connectivity index (χ0) is 22.5. The third-order valence-electron chi connectivity index (χ3n) is 4.37. The molecule has 0 unspecified atom stereocenters. The summed E-state index contributed by atoms with van der Waals surface area (Å²) in [6, 6.07) is 4.77. The summed E-state index contributed by atoms with van der Waals surface area (Å²) in [4.78, 5) is 39.7. The molecule has 0 spiro atoms. The van der Waals surface area contributed by atoms with E-state index in [0.717, 1.165) is 6.08 Å². The Labute approximate surface area is 176 Å². The molecular formula is C21H30N4O5. The number of nitrogens with one attached hydrogen (secondary N) is 1. The van der Waals surface area contributed by atoms with Crippen LogP contribution in [0.25, 0.3) is 0 Å². The molecule has 0 aromatic heterocycles. The molecule has 0 aliphatic carbocycles. The number of anilines is 2. The first kappa shape index (κ1) is 23.1. The summed E-state index contributed by atoms with van der Waals surface area (Å²) < 4.78 is 11.1. The molecule has 164 valence electrons. The Bertz CT molecular complexity index is 810. The topological polar surface area (TPSA) is 114 Å². The SMILES string of the molecule is C=CC(=O)Nc1cc(O[C@@H](C)C(=O)N2CCN(C(=O)OC(C)(C)C)CC2)ccc1N. The van der Waals surface area contributed by atoms with Crippen LogP contribution in [0.5, 0.6) is 5.75 Å². The number of hydrogen-bond donors (Lipinski definition) is 2. The van der Waals surface area contributed by atoms with Crippen LogP contribution in [0.2, 0.25) is 0 Å². The van der Waals surface area contributed by atoms with Gasteiger partial charge >= 0.3 is 6.09 Å². The van der Waals surface area contributed by atoms with E-state index < -0.39 is 17.6 Å². The van der Waals surface area contributed by atoms with E-state index in [9.17, 15) is 14.4 Å². The van der Waals surface area contributed by atoms with Gasteiger partial charge in [0.1, 0.15) is 11.4 Å². The number of nitrogens with two attached hydrogens (primary N) is 1. The largest absolute Gasteiger partial charge is 0.481 e. The fourth-order valence-corrected chi connectivity index (χ4v) is 2.85. The zero-order valence-electron chi connectivity index (χ0n) is 17.9. The van der Waals surface area contributed by atoms with Gasteiger partial charge < -0.3 is 30.3 Å². The van der Waals surface area contributed by atoms with Gasteiger partial charge in [-0.05, 0) is 45.9 Å². The van der Waals surface area contributed by atoms with Crippen LogP contribution in [0.1, 0.15) is 27.7 Å². The predicted octanol–water partition coefficient (Wildman–Crippen LogP) is 2.24. The van der Waals surface area contributed by atoms with Crippen LogP contribution >= 0.6 is 0 Å². The van der Waals surface area contributed by atoms with E-state index >= 15 is 0 Å². The molecule has 1 atom stereocenters. The van der Waals surface area contributed by atoms with Crippen molar-refractivity contribution in [3.8, 4) is 5.75 Å². The molecule has 2 rings (SSSR count). The van der Waals surface area contributed by atoms with Crippen molar-refractivity contribution in [3.05, 3.63) is 30.9 Å². The summed E-state index contributed by atoms with van der Waals surface area (Å²) in [6.45, 7) is 12.1. The lowest BCUT2D eigenvalue weighted by atomic mass is 10.2. The van der Waals surface area contributed by atoms with Gasteiger partial charge in [0.25, 0.3) is 5.91 Å². The molecule has 9 heteroatoms. The highest BCUT2D eigenvalue weighted by atomic mass is 16.6. The number of rotatable bonds is 5. The molecule has 1 aliphatic heterocycles. The minimum Gasteiger partial charge on any atom is -0.481 e. The predicted molar refractivity (Wildman–Crippen MR) is 114 cm³/mol. The molecule has 30 heavy (non-hydrogen) atoms. The molecule has 1 aliphatic rings. The van der Waals surface area contributed by atoms with E-state index in [1.165, 1.54) is 0 Å². The fourth-order valence-electron chi connectivity index (χ4n) is 2.85. The minimum atomic E-state index is -0.746. The molecule has 1 saturated heterocycles. The van der Waals surface area contributed by atoms with Gasteiger partial charge in [-0.2, -0.15) is 0 Å². The Kier molecular flexibility index (Phi) is 7.31. The van der Waals surface area contributed by atoms with Gasteiger partial charge in [0.05, 0.1) is 11.4 Å². The third kappa shape index (κ3) is 6.40. The van der Waals surface area contributed by atoms with Crippen molar-refractivity contribution in [3.63, 3.8) is 0 Å². The number of ether oxygens (including phenoxy) is 2. The Hall–Kier alpha value is -3.23. The van der Waals surface area contributed by atoms with Crippen molar-refractivity contribution >= 4 is 29.3 Å². The van der Waals surface area contributed by atoms with Crippen LogP contribution in [0, 0.1) is 0 Å². The number of amides is 3. The van der Waals surface area contributed by atoms with Gasteiger partial charge in [-0.25, -0.2) is 4.79 Å². The van der Waals surface area contributed by atoms with Crippen molar-refractivity contribution < 1.29 is 23.9 Å². The summed E-state index contributed by atoms with van der Waals surface area (Å²) in [5.74, 6) is -0.185. The highest BCUT2D eigenvalue weighted by molar-refractivity contribution is 6.01. The number of carbonyl (C=O) groups is 3. The first-order chi connectivity index (χ1) is 14.0. The van der Waals surface area contributed by atoms with E-state index in [1.807, 2.05) is 20.8 Å². The van der Waals surface area contributed by atoms with Gasteiger partial charge in [-0.1, -0.05) is 6.58 Å². The normalized spacial score (nSPS) is 15.2. The van der Waals surface area contributed by atoms with Crippen molar-refractivity contribution in [1.82, 2.24) is 9.80 Å². The van der Waals surface area contributed by atoms with Gasteiger partial charge in [0.2, 0.25) is 5.91 Å². The summed E-state index contributed by atoms with van der Waals surface area (Å²) >= 11 is 0. The van der Waals surface area contributed by atoms with E-state index in [1.54, 1.807) is 34.9 Å². The van der Waals surface area contributed by atoms with Crippen molar-refractivity contribution in [2.75, 3.05) is 37.2 Å². The molecule has 0 radical (unpaired) electrons. The Balaban J connectivity index is 1.93. The molecule has 3 N–H and O–H groups in total. The van der Waals surface area contributed by atoms with Crippen LogP contribution in [-0.2, 0) is 14.3 Å². The first-order valence-electron chi connectivity index (χ1n) is 9.76.